The van der Waals surface area contributed by atoms with Crippen molar-refractivity contribution in [1.82, 2.24) is 19.8 Å². The zero-order valence-electron chi connectivity index (χ0n) is 11.4. The van der Waals surface area contributed by atoms with Crippen molar-refractivity contribution in [3.63, 3.8) is 0 Å². The van der Waals surface area contributed by atoms with Crippen LogP contribution in [0.15, 0.2) is 12.4 Å². The molecule has 4 heteroatoms. The summed E-state index contributed by atoms with van der Waals surface area (Å²) in [5.74, 6) is 0.855. The molecule has 0 atom stereocenters. The minimum atomic E-state index is 0.648. The van der Waals surface area contributed by atoms with Crippen molar-refractivity contribution in [1.29, 1.82) is 0 Å². The lowest BCUT2D eigenvalue weighted by atomic mass is 9.72. The molecule has 0 aromatic carbocycles. The van der Waals surface area contributed by atoms with E-state index < -0.39 is 0 Å². The van der Waals surface area contributed by atoms with E-state index in [0.29, 0.717) is 5.41 Å². The Morgan fingerprint density at radius 2 is 1.78 bits per heavy atom. The van der Waals surface area contributed by atoms with Crippen LogP contribution in [0.4, 0.5) is 0 Å². The van der Waals surface area contributed by atoms with Crippen molar-refractivity contribution < 1.29 is 0 Å². The van der Waals surface area contributed by atoms with E-state index in [0.717, 1.165) is 12.4 Å². The van der Waals surface area contributed by atoms with E-state index in [1.807, 2.05) is 19.3 Å². The normalized spacial score (nSPS) is 24.1. The van der Waals surface area contributed by atoms with E-state index in [9.17, 15) is 0 Å². The van der Waals surface area contributed by atoms with Crippen LogP contribution in [-0.2, 0) is 6.54 Å². The first-order valence-electron chi connectivity index (χ1n) is 6.84. The van der Waals surface area contributed by atoms with Gasteiger partial charge in [0.15, 0.2) is 0 Å². The predicted octanol–water partition coefficient (Wildman–Crippen LogP) is 1.31. The molecule has 3 rings (SSSR count). The number of hydrogen-bond acceptors (Lipinski definition) is 4. The molecule has 18 heavy (non-hydrogen) atoms. The lowest BCUT2D eigenvalue weighted by molar-refractivity contribution is -0.0329. The fourth-order valence-electron chi connectivity index (χ4n) is 3.36. The molecule has 3 heterocycles. The molecule has 2 aliphatic heterocycles. The Labute approximate surface area is 109 Å². The summed E-state index contributed by atoms with van der Waals surface area (Å²) in [6, 6.07) is 0. The fourth-order valence-corrected chi connectivity index (χ4v) is 3.36. The second-order valence-corrected chi connectivity index (χ2v) is 6.09. The van der Waals surface area contributed by atoms with Crippen molar-refractivity contribution in [2.24, 2.45) is 5.41 Å². The maximum atomic E-state index is 4.27. The Morgan fingerprint density at radius 3 is 2.33 bits per heavy atom. The van der Waals surface area contributed by atoms with Crippen LogP contribution in [0, 0.1) is 12.3 Å². The first kappa shape index (κ1) is 12.1. The van der Waals surface area contributed by atoms with Crippen molar-refractivity contribution in [2.75, 3.05) is 33.2 Å². The molecular formula is C14H22N4. The van der Waals surface area contributed by atoms with Crippen LogP contribution in [0.5, 0.6) is 0 Å². The monoisotopic (exact) mass is 246 g/mol. The average molecular weight is 246 g/mol. The molecule has 0 saturated carbocycles. The molecule has 0 amide bonds. The number of hydrogen-bond donors (Lipinski definition) is 0. The number of aromatic nitrogens is 2. The second kappa shape index (κ2) is 4.59. The molecule has 98 valence electrons. The topological polar surface area (TPSA) is 32.3 Å². The summed E-state index contributed by atoms with van der Waals surface area (Å²) in [7, 11) is 2.22. The summed E-state index contributed by atoms with van der Waals surface area (Å²) in [6.07, 6.45) is 6.63. The Morgan fingerprint density at radius 1 is 1.17 bits per heavy atom. The van der Waals surface area contributed by atoms with Crippen molar-refractivity contribution >= 4 is 0 Å². The summed E-state index contributed by atoms with van der Waals surface area (Å²) in [6.45, 7) is 7.99. The number of nitrogens with zero attached hydrogens (tertiary/aromatic N) is 4. The maximum Gasteiger partial charge on any atom is 0.125 e. The first-order valence-corrected chi connectivity index (χ1v) is 6.84. The van der Waals surface area contributed by atoms with E-state index in [-0.39, 0.29) is 0 Å². The van der Waals surface area contributed by atoms with Crippen molar-refractivity contribution in [2.45, 2.75) is 26.3 Å². The highest BCUT2D eigenvalue weighted by atomic mass is 15.2. The van der Waals surface area contributed by atoms with Gasteiger partial charge in [0.2, 0.25) is 0 Å². The summed E-state index contributed by atoms with van der Waals surface area (Å²) in [4.78, 5) is 13.5. The number of likely N-dealkylation sites (tertiary alicyclic amines) is 2. The van der Waals surface area contributed by atoms with E-state index in [1.165, 1.54) is 44.6 Å². The van der Waals surface area contributed by atoms with E-state index >= 15 is 0 Å². The zero-order valence-corrected chi connectivity index (χ0v) is 11.4. The standard InChI is InChI=1S/C14H22N4/c1-12-15-7-13(8-16-12)9-18-5-3-14(4-6-18)10-17(2)11-14/h7-8H,3-6,9-11H2,1-2H3. The molecule has 0 N–H and O–H groups in total. The van der Waals surface area contributed by atoms with Crippen LogP contribution in [0.1, 0.15) is 24.2 Å². The molecular weight excluding hydrogens is 224 g/mol. The predicted molar refractivity (Wildman–Crippen MR) is 71.2 cm³/mol. The van der Waals surface area contributed by atoms with Crippen LogP contribution in [0.2, 0.25) is 0 Å². The fraction of sp³-hybridized carbons (Fsp3) is 0.714. The Hall–Kier alpha value is -1.00. The molecule has 2 aliphatic rings. The molecule has 0 bridgehead atoms. The summed E-state index contributed by atoms with van der Waals surface area (Å²) < 4.78 is 0. The number of aryl methyl sites for hydroxylation is 1. The van der Waals surface area contributed by atoms with Crippen LogP contribution in [0.25, 0.3) is 0 Å². The van der Waals surface area contributed by atoms with E-state index in [1.54, 1.807) is 0 Å². The molecule has 4 nitrogen and oxygen atoms in total. The zero-order chi connectivity index (χ0) is 12.6. The Balaban J connectivity index is 1.52. The molecule has 1 spiro atoms. The van der Waals surface area contributed by atoms with Gasteiger partial charge in [-0.25, -0.2) is 9.97 Å². The van der Waals surface area contributed by atoms with Crippen LogP contribution >= 0.6 is 0 Å². The van der Waals surface area contributed by atoms with E-state index in [4.69, 9.17) is 0 Å². The molecule has 0 unspecified atom stereocenters. The summed E-state index contributed by atoms with van der Waals surface area (Å²) in [5, 5.41) is 0. The van der Waals surface area contributed by atoms with Gasteiger partial charge in [0, 0.05) is 37.6 Å². The third kappa shape index (κ3) is 2.40. The Bertz CT molecular complexity index is 398. The van der Waals surface area contributed by atoms with Crippen LogP contribution in [-0.4, -0.2) is 53.0 Å². The van der Waals surface area contributed by atoms with Gasteiger partial charge < -0.3 is 4.90 Å². The number of piperidine rings is 1. The molecule has 0 radical (unpaired) electrons. The van der Waals surface area contributed by atoms with Gasteiger partial charge in [0.05, 0.1) is 0 Å². The highest BCUT2D eigenvalue weighted by molar-refractivity contribution is 5.05. The lowest BCUT2D eigenvalue weighted by Crippen LogP contribution is -2.58. The quantitative estimate of drug-likeness (QED) is 0.787. The van der Waals surface area contributed by atoms with Crippen molar-refractivity contribution in [3.05, 3.63) is 23.8 Å². The van der Waals surface area contributed by atoms with Crippen LogP contribution in [0.3, 0.4) is 0 Å². The van der Waals surface area contributed by atoms with Gasteiger partial charge in [-0.2, -0.15) is 0 Å². The van der Waals surface area contributed by atoms with E-state index in [2.05, 4.69) is 26.8 Å². The van der Waals surface area contributed by atoms with Gasteiger partial charge >= 0.3 is 0 Å². The molecule has 1 aromatic rings. The van der Waals surface area contributed by atoms with Crippen molar-refractivity contribution in [3.8, 4) is 0 Å². The summed E-state index contributed by atoms with van der Waals surface area (Å²) in [5.41, 5.74) is 1.89. The minimum Gasteiger partial charge on any atom is -0.305 e. The molecule has 0 aliphatic carbocycles. The maximum absolute atomic E-state index is 4.27. The number of rotatable bonds is 2. The molecule has 2 fully saturated rings. The molecule has 1 aromatic heterocycles. The largest absolute Gasteiger partial charge is 0.305 e. The highest BCUT2D eigenvalue weighted by Gasteiger charge is 2.42. The van der Waals surface area contributed by atoms with Gasteiger partial charge in [-0.05, 0) is 45.3 Å². The molecule has 2 saturated heterocycles. The minimum absolute atomic E-state index is 0.648. The average Bonchev–Trinajstić information content (AvgIpc) is 2.33. The lowest BCUT2D eigenvalue weighted by Gasteiger charge is -2.53. The van der Waals surface area contributed by atoms with Gasteiger partial charge in [-0.1, -0.05) is 0 Å². The first-order chi connectivity index (χ1) is 8.65. The van der Waals surface area contributed by atoms with Gasteiger partial charge in [0.25, 0.3) is 0 Å². The van der Waals surface area contributed by atoms with Gasteiger partial charge in [0.1, 0.15) is 5.82 Å². The summed E-state index contributed by atoms with van der Waals surface area (Å²) >= 11 is 0. The van der Waals surface area contributed by atoms with Gasteiger partial charge in [-0.15, -0.1) is 0 Å². The van der Waals surface area contributed by atoms with Crippen LogP contribution < -0.4 is 0 Å². The Kier molecular flexibility index (Phi) is 3.08. The SMILES string of the molecule is Cc1ncc(CN2CCC3(CC2)CN(C)C3)cn1. The third-order valence-electron chi connectivity index (χ3n) is 4.37. The van der Waals surface area contributed by atoms with Gasteiger partial charge in [-0.3, -0.25) is 4.90 Å². The smallest absolute Gasteiger partial charge is 0.125 e. The second-order valence-electron chi connectivity index (χ2n) is 6.09. The highest BCUT2D eigenvalue weighted by Crippen LogP contribution is 2.39. The third-order valence-corrected chi connectivity index (χ3v) is 4.37.